The van der Waals surface area contributed by atoms with Crippen LogP contribution in [0.15, 0.2) is 88.9 Å². The van der Waals surface area contributed by atoms with Crippen LogP contribution in [0.1, 0.15) is 18.1 Å². The normalized spacial score (nSPS) is 11.1. The number of anilines is 1. The van der Waals surface area contributed by atoms with Gasteiger partial charge in [-0.15, -0.1) is 0 Å². The van der Waals surface area contributed by atoms with Gasteiger partial charge in [0.25, 0.3) is 5.91 Å². The minimum Gasteiger partial charge on any atom is -0.490 e. The summed E-state index contributed by atoms with van der Waals surface area (Å²) in [5.41, 5.74) is 1.92. The van der Waals surface area contributed by atoms with Gasteiger partial charge in [0.1, 0.15) is 24.1 Å². The maximum Gasteiger partial charge on any atom is 0.266 e. The van der Waals surface area contributed by atoms with E-state index >= 15 is 0 Å². The third kappa shape index (κ3) is 6.09. The van der Waals surface area contributed by atoms with Crippen LogP contribution in [0.2, 0.25) is 0 Å². The SMILES string of the molecule is CCOc1cc(/C=C(\C#N)C(=O)Nc2ccc3ccccc3c2)c(Br)cc1OCc1ccc(F)cc1. The van der Waals surface area contributed by atoms with Crippen LogP contribution in [0, 0.1) is 17.1 Å². The number of nitrogens with zero attached hydrogens (tertiary/aromatic N) is 1. The Morgan fingerprint density at radius 1 is 1.00 bits per heavy atom. The summed E-state index contributed by atoms with van der Waals surface area (Å²) in [7, 11) is 0. The fourth-order valence-electron chi connectivity index (χ4n) is 3.55. The van der Waals surface area contributed by atoms with Crippen LogP contribution in [-0.4, -0.2) is 12.5 Å². The van der Waals surface area contributed by atoms with Crippen LogP contribution in [0.5, 0.6) is 11.5 Å². The van der Waals surface area contributed by atoms with E-state index in [0.717, 1.165) is 16.3 Å². The van der Waals surface area contributed by atoms with Crippen molar-refractivity contribution < 1.29 is 18.7 Å². The Morgan fingerprint density at radius 3 is 2.44 bits per heavy atom. The average Bonchev–Trinajstić information content (AvgIpc) is 2.88. The summed E-state index contributed by atoms with van der Waals surface area (Å²) in [5.74, 6) is 0.102. The molecule has 0 aliphatic heterocycles. The minimum absolute atomic E-state index is 0.0636. The van der Waals surface area contributed by atoms with Crippen molar-refractivity contribution >= 4 is 44.4 Å². The number of nitriles is 1. The number of rotatable bonds is 8. The van der Waals surface area contributed by atoms with Gasteiger partial charge in [-0.2, -0.15) is 5.26 Å². The van der Waals surface area contributed by atoms with Gasteiger partial charge in [0, 0.05) is 10.2 Å². The van der Waals surface area contributed by atoms with E-state index in [1.807, 2.05) is 49.4 Å². The van der Waals surface area contributed by atoms with Gasteiger partial charge in [0.15, 0.2) is 11.5 Å². The lowest BCUT2D eigenvalue weighted by Gasteiger charge is -2.14. The van der Waals surface area contributed by atoms with Gasteiger partial charge < -0.3 is 14.8 Å². The summed E-state index contributed by atoms with van der Waals surface area (Å²) in [5, 5.41) is 14.5. The molecule has 0 aromatic heterocycles. The number of fused-ring (bicyclic) bond motifs is 1. The van der Waals surface area contributed by atoms with Gasteiger partial charge in [-0.3, -0.25) is 4.79 Å². The van der Waals surface area contributed by atoms with Gasteiger partial charge in [-0.05, 0) is 71.3 Å². The first-order chi connectivity index (χ1) is 17.5. The lowest BCUT2D eigenvalue weighted by molar-refractivity contribution is -0.112. The molecule has 0 saturated heterocycles. The number of carbonyl (C=O) groups excluding carboxylic acids is 1. The number of hydrogen-bond donors (Lipinski definition) is 1. The summed E-state index contributed by atoms with van der Waals surface area (Å²) in [6.07, 6.45) is 1.49. The fraction of sp³-hybridized carbons (Fsp3) is 0.103. The van der Waals surface area contributed by atoms with Crippen molar-refractivity contribution in [1.82, 2.24) is 0 Å². The van der Waals surface area contributed by atoms with E-state index in [1.54, 1.807) is 30.3 Å². The number of amides is 1. The summed E-state index contributed by atoms with van der Waals surface area (Å²) < 4.78 is 25.4. The van der Waals surface area contributed by atoms with E-state index in [4.69, 9.17) is 9.47 Å². The molecule has 1 N–H and O–H groups in total. The van der Waals surface area contributed by atoms with Crippen LogP contribution >= 0.6 is 15.9 Å². The van der Waals surface area contributed by atoms with Crippen molar-refractivity contribution in [3.8, 4) is 17.6 Å². The predicted molar refractivity (Wildman–Crippen MR) is 142 cm³/mol. The molecule has 0 radical (unpaired) electrons. The molecule has 4 aromatic carbocycles. The summed E-state index contributed by atoms with van der Waals surface area (Å²) >= 11 is 3.50. The molecule has 0 aliphatic rings. The Hall–Kier alpha value is -4.15. The number of ether oxygens (including phenoxy) is 2. The molecule has 0 fully saturated rings. The highest BCUT2D eigenvalue weighted by Crippen LogP contribution is 2.35. The molecule has 5 nitrogen and oxygen atoms in total. The number of carbonyl (C=O) groups is 1. The highest BCUT2D eigenvalue weighted by atomic mass is 79.9. The Balaban J connectivity index is 1.56. The minimum atomic E-state index is -0.519. The second kappa shape index (κ2) is 11.5. The van der Waals surface area contributed by atoms with E-state index in [9.17, 15) is 14.4 Å². The van der Waals surface area contributed by atoms with Crippen molar-refractivity contribution in [3.63, 3.8) is 0 Å². The second-order valence-electron chi connectivity index (χ2n) is 7.85. The van der Waals surface area contributed by atoms with Crippen LogP contribution in [0.4, 0.5) is 10.1 Å². The predicted octanol–water partition coefficient (Wildman–Crippen LogP) is 7.26. The van der Waals surface area contributed by atoms with Gasteiger partial charge in [-0.1, -0.05) is 58.4 Å². The summed E-state index contributed by atoms with van der Waals surface area (Å²) in [6.45, 7) is 2.46. The Bertz CT molecular complexity index is 1480. The lowest BCUT2D eigenvalue weighted by Crippen LogP contribution is -2.13. The fourth-order valence-corrected chi connectivity index (χ4v) is 3.99. The monoisotopic (exact) mass is 544 g/mol. The van der Waals surface area contributed by atoms with Gasteiger partial charge in [0.05, 0.1) is 6.61 Å². The molecule has 0 atom stereocenters. The first kappa shape index (κ1) is 25.0. The summed E-state index contributed by atoms with van der Waals surface area (Å²) in [4.78, 5) is 12.9. The number of benzene rings is 4. The van der Waals surface area contributed by atoms with Crippen molar-refractivity contribution in [2.75, 3.05) is 11.9 Å². The molecule has 180 valence electrons. The van der Waals surface area contributed by atoms with Gasteiger partial charge >= 0.3 is 0 Å². The van der Waals surface area contributed by atoms with Crippen molar-refractivity contribution in [2.45, 2.75) is 13.5 Å². The molecule has 0 spiro atoms. The number of hydrogen-bond acceptors (Lipinski definition) is 4. The van der Waals surface area contributed by atoms with E-state index in [-0.39, 0.29) is 18.0 Å². The maximum absolute atomic E-state index is 13.2. The largest absolute Gasteiger partial charge is 0.490 e. The average molecular weight is 545 g/mol. The first-order valence-corrected chi connectivity index (χ1v) is 12.0. The number of nitrogens with one attached hydrogen (secondary N) is 1. The Morgan fingerprint density at radius 2 is 1.72 bits per heavy atom. The van der Waals surface area contributed by atoms with Crippen LogP contribution in [0.3, 0.4) is 0 Å². The van der Waals surface area contributed by atoms with Gasteiger partial charge in [-0.25, -0.2) is 4.39 Å². The molecule has 0 aliphatic carbocycles. The Kier molecular flexibility index (Phi) is 7.99. The zero-order valence-corrected chi connectivity index (χ0v) is 21.0. The third-order valence-electron chi connectivity index (χ3n) is 5.34. The Labute approximate surface area is 216 Å². The van der Waals surface area contributed by atoms with E-state index in [1.165, 1.54) is 18.2 Å². The maximum atomic E-state index is 13.2. The topological polar surface area (TPSA) is 71.3 Å². The quantitative estimate of drug-likeness (QED) is 0.187. The molecular formula is C29H22BrFN2O3. The highest BCUT2D eigenvalue weighted by Gasteiger charge is 2.15. The smallest absolute Gasteiger partial charge is 0.266 e. The second-order valence-corrected chi connectivity index (χ2v) is 8.71. The molecule has 4 rings (SSSR count). The van der Waals surface area contributed by atoms with Crippen molar-refractivity contribution in [1.29, 1.82) is 5.26 Å². The number of halogens is 2. The van der Waals surface area contributed by atoms with E-state index in [2.05, 4.69) is 21.2 Å². The molecule has 0 unspecified atom stereocenters. The lowest BCUT2D eigenvalue weighted by atomic mass is 10.1. The van der Waals surface area contributed by atoms with Crippen LogP contribution in [0.25, 0.3) is 16.8 Å². The molecule has 7 heteroatoms. The molecule has 0 saturated carbocycles. The zero-order chi connectivity index (χ0) is 25.5. The van der Waals surface area contributed by atoms with Crippen LogP contribution in [-0.2, 0) is 11.4 Å². The molecule has 1 amide bonds. The van der Waals surface area contributed by atoms with E-state index < -0.39 is 5.91 Å². The highest BCUT2D eigenvalue weighted by molar-refractivity contribution is 9.10. The van der Waals surface area contributed by atoms with Gasteiger partial charge in [0.2, 0.25) is 0 Å². The molecule has 36 heavy (non-hydrogen) atoms. The van der Waals surface area contributed by atoms with Crippen LogP contribution < -0.4 is 14.8 Å². The zero-order valence-electron chi connectivity index (χ0n) is 19.4. The van der Waals surface area contributed by atoms with Crippen molar-refractivity contribution in [2.24, 2.45) is 0 Å². The first-order valence-electron chi connectivity index (χ1n) is 11.2. The third-order valence-corrected chi connectivity index (χ3v) is 6.03. The van der Waals surface area contributed by atoms with Crippen molar-refractivity contribution in [3.05, 3.63) is 106 Å². The molecular weight excluding hydrogens is 523 g/mol. The molecule has 4 aromatic rings. The molecule has 0 heterocycles. The molecule has 0 bridgehead atoms. The standard InChI is InChI=1S/C29H22BrFN2O3/c1-2-35-27-15-22(26(30)16-28(27)36-18-19-7-10-24(31)11-8-19)13-23(17-32)29(34)33-25-12-9-20-5-3-4-6-21(20)14-25/h3-16H,2,18H2,1H3,(H,33,34)/b23-13+. The van der Waals surface area contributed by atoms with E-state index in [0.29, 0.717) is 33.8 Å². The summed E-state index contributed by atoms with van der Waals surface area (Å²) in [6, 6.07) is 24.8.